The molecule has 2 rings (SSSR count). The van der Waals surface area contributed by atoms with Crippen LogP contribution in [0.4, 0.5) is 0 Å². The van der Waals surface area contributed by atoms with Crippen LogP contribution in [0.1, 0.15) is 25.3 Å². The highest BCUT2D eigenvalue weighted by Crippen LogP contribution is 2.12. The molecule has 1 aromatic carbocycles. The van der Waals surface area contributed by atoms with Crippen molar-refractivity contribution in [2.75, 3.05) is 26.3 Å². The molecule has 1 N–H and O–H groups in total. The third-order valence-electron chi connectivity index (χ3n) is 3.86. The Hall–Kier alpha value is -1.65. The zero-order valence-corrected chi connectivity index (χ0v) is 13.2. The van der Waals surface area contributed by atoms with Gasteiger partial charge >= 0.3 is 0 Å². The summed E-state index contributed by atoms with van der Waals surface area (Å²) in [7, 11) is 0. The summed E-state index contributed by atoms with van der Waals surface area (Å²) < 4.78 is 5.24. The monoisotopic (exact) mass is 303 g/mol. The number of morpholine rings is 1. The van der Waals surface area contributed by atoms with Gasteiger partial charge in [-0.05, 0) is 31.7 Å². The van der Waals surface area contributed by atoms with Crippen LogP contribution >= 0.6 is 0 Å². The van der Waals surface area contributed by atoms with Gasteiger partial charge in [0.1, 0.15) is 0 Å². The van der Waals surface area contributed by atoms with E-state index in [4.69, 9.17) is 4.74 Å². The Morgan fingerprint density at radius 2 is 2.00 bits per heavy atom. The molecule has 1 atom stereocenters. The van der Waals surface area contributed by atoms with Gasteiger partial charge in [0.05, 0.1) is 19.3 Å². The number of aliphatic hydroxyl groups excluding tert-OH is 1. The quantitative estimate of drug-likeness (QED) is 0.820. The fourth-order valence-corrected chi connectivity index (χ4v) is 2.60. The van der Waals surface area contributed by atoms with E-state index in [2.05, 4.69) is 12.1 Å². The lowest BCUT2D eigenvalue weighted by Gasteiger charge is -2.26. The number of amides is 1. The summed E-state index contributed by atoms with van der Waals surface area (Å²) >= 11 is 0. The van der Waals surface area contributed by atoms with E-state index >= 15 is 0 Å². The lowest BCUT2D eigenvalue weighted by atomic mass is 10.0. The average molecular weight is 303 g/mol. The second kappa shape index (κ2) is 8.71. The van der Waals surface area contributed by atoms with Crippen molar-refractivity contribution in [3.05, 3.63) is 47.5 Å². The SMILES string of the molecule is C/C(=C/C(=O)N1CCOCC1)C[C@@H](O)CCc1ccccc1. The number of carbonyl (C=O) groups excluding carboxylic acids is 1. The van der Waals surface area contributed by atoms with Gasteiger partial charge in [0.15, 0.2) is 0 Å². The number of nitrogens with zero attached hydrogens (tertiary/aromatic N) is 1. The maximum atomic E-state index is 12.1. The van der Waals surface area contributed by atoms with Gasteiger partial charge in [0.2, 0.25) is 5.91 Å². The maximum Gasteiger partial charge on any atom is 0.246 e. The topological polar surface area (TPSA) is 49.8 Å². The first-order chi connectivity index (χ1) is 10.6. The molecule has 1 aromatic rings. The number of hydrogen-bond acceptors (Lipinski definition) is 3. The summed E-state index contributed by atoms with van der Waals surface area (Å²) in [6.07, 6.45) is 3.35. The molecule has 0 unspecified atom stereocenters. The van der Waals surface area contributed by atoms with Crippen molar-refractivity contribution in [2.45, 2.75) is 32.3 Å². The maximum absolute atomic E-state index is 12.1. The Labute approximate surface area is 132 Å². The molecule has 0 bridgehead atoms. The first kappa shape index (κ1) is 16.7. The first-order valence-corrected chi connectivity index (χ1v) is 7.91. The minimum Gasteiger partial charge on any atom is -0.393 e. The number of benzene rings is 1. The van der Waals surface area contributed by atoms with E-state index < -0.39 is 6.10 Å². The van der Waals surface area contributed by atoms with Gasteiger partial charge in [-0.15, -0.1) is 0 Å². The highest BCUT2D eigenvalue weighted by atomic mass is 16.5. The van der Waals surface area contributed by atoms with Crippen molar-refractivity contribution >= 4 is 5.91 Å². The lowest BCUT2D eigenvalue weighted by molar-refractivity contribution is -0.130. The molecule has 0 aliphatic carbocycles. The van der Waals surface area contributed by atoms with Crippen LogP contribution in [0.3, 0.4) is 0 Å². The molecule has 22 heavy (non-hydrogen) atoms. The van der Waals surface area contributed by atoms with Crippen LogP contribution in [-0.4, -0.2) is 48.3 Å². The second-order valence-corrected chi connectivity index (χ2v) is 5.81. The standard InChI is InChI=1S/C18H25NO3/c1-15(14-18(21)19-9-11-22-12-10-19)13-17(20)8-7-16-5-3-2-4-6-16/h2-6,14,17,20H,7-13H2,1H3/b15-14-/t17-/m0/s1. The Kier molecular flexibility index (Phi) is 6.62. The third-order valence-corrected chi connectivity index (χ3v) is 3.86. The van der Waals surface area contributed by atoms with E-state index in [-0.39, 0.29) is 5.91 Å². The highest BCUT2D eigenvalue weighted by Gasteiger charge is 2.15. The molecule has 4 heteroatoms. The highest BCUT2D eigenvalue weighted by molar-refractivity contribution is 5.88. The van der Waals surface area contributed by atoms with Gasteiger partial charge in [0.25, 0.3) is 0 Å². The van der Waals surface area contributed by atoms with Crippen molar-refractivity contribution < 1.29 is 14.6 Å². The third kappa shape index (κ3) is 5.62. The fourth-order valence-electron chi connectivity index (χ4n) is 2.60. The number of aliphatic hydroxyl groups is 1. The molecule has 4 nitrogen and oxygen atoms in total. The molecule has 1 aliphatic heterocycles. The molecule has 0 radical (unpaired) electrons. The summed E-state index contributed by atoms with van der Waals surface area (Å²) in [6, 6.07) is 10.1. The molecule has 1 heterocycles. The van der Waals surface area contributed by atoms with Crippen LogP contribution in [0.15, 0.2) is 42.0 Å². The van der Waals surface area contributed by atoms with E-state index in [1.54, 1.807) is 11.0 Å². The summed E-state index contributed by atoms with van der Waals surface area (Å²) in [5.74, 6) is 0.0241. The molecule has 0 saturated carbocycles. The second-order valence-electron chi connectivity index (χ2n) is 5.81. The van der Waals surface area contributed by atoms with E-state index in [9.17, 15) is 9.90 Å². The fraction of sp³-hybridized carbons (Fsp3) is 0.500. The van der Waals surface area contributed by atoms with Crippen molar-refractivity contribution in [3.63, 3.8) is 0 Å². The Morgan fingerprint density at radius 3 is 2.68 bits per heavy atom. The Morgan fingerprint density at radius 1 is 1.32 bits per heavy atom. The molecule has 1 fully saturated rings. The van der Waals surface area contributed by atoms with E-state index in [0.29, 0.717) is 39.1 Å². The number of rotatable bonds is 6. The van der Waals surface area contributed by atoms with Crippen molar-refractivity contribution in [1.29, 1.82) is 0 Å². The van der Waals surface area contributed by atoms with Crippen molar-refractivity contribution in [3.8, 4) is 0 Å². The summed E-state index contributed by atoms with van der Waals surface area (Å²) in [5, 5.41) is 10.1. The zero-order valence-electron chi connectivity index (χ0n) is 13.2. The van der Waals surface area contributed by atoms with Crippen LogP contribution in [0.25, 0.3) is 0 Å². The summed E-state index contributed by atoms with van der Waals surface area (Å²) in [4.78, 5) is 13.9. The predicted molar refractivity (Wildman–Crippen MR) is 86.5 cm³/mol. The molecule has 0 aromatic heterocycles. The van der Waals surface area contributed by atoms with Crippen LogP contribution in [0, 0.1) is 0 Å². The zero-order chi connectivity index (χ0) is 15.8. The van der Waals surface area contributed by atoms with Crippen LogP contribution in [-0.2, 0) is 16.0 Å². The van der Waals surface area contributed by atoms with Gasteiger partial charge in [0, 0.05) is 19.2 Å². The van der Waals surface area contributed by atoms with Crippen molar-refractivity contribution in [1.82, 2.24) is 4.90 Å². The number of hydrogen-bond donors (Lipinski definition) is 1. The van der Waals surface area contributed by atoms with Gasteiger partial charge in [-0.3, -0.25) is 4.79 Å². The Bertz CT molecular complexity index is 492. The lowest BCUT2D eigenvalue weighted by Crippen LogP contribution is -2.39. The molecular formula is C18H25NO3. The van der Waals surface area contributed by atoms with Gasteiger partial charge in [-0.25, -0.2) is 0 Å². The number of aryl methyl sites for hydroxylation is 1. The molecule has 1 saturated heterocycles. The van der Waals surface area contributed by atoms with Crippen LogP contribution in [0.2, 0.25) is 0 Å². The largest absolute Gasteiger partial charge is 0.393 e. The molecule has 120 valence electrons. The predicted octanol–water partition coefficient (Wildman–Crippen LogP) is 2.18. The summed E-state index contributed by atoms with van der Waals surface area (Å²) in [5.41, 5.74) is 2.16. The number of ether oxygens (including phenoxy) is 1. The smallest absolute Gasteiger partial charge is 0.246 e. The minimum atomic E-state index is -0.408. The summed E-state index contributed by atoms with van der Waals surface area (Å²) in [6.45, 7) is 4.43. The Balaban J connectivity index is 1.76. The number of carbonyl (C=O) groups is 1. The van der Waals surface area contributed by atoms with E-state index in [0.717, 1.165) is 12.0 Å². The molecular weight excluding hydrogens is 278 g/mol. The first-order valence-electron chi connectivity index (χ1n) is 7.91. The van der Waals surface area contributed by atoms with E-state index in [1.165, 1.54) is 5.56 Å². The average Bonchev–Trinajstić information content (AvgIpc) is 2.54. The molecule has 0 spiro atoms. The van der Waals surface area contributed by atoms with Gasteiger partial charge in [-0.2, -0.15) is 0 Å². The normalized spacial score (nSPS) is 17.4. The molecule has 1 amide bonds. The van der Waals surface area contributed by atoms with Gasteiger partial charge < -0.3 is 14.7 Å². The van der Waals surface area contributed by atoms with Crippen LogP contribution < -0.4 is 0 Å². The van der Waals surface area contributed by atoms with Gasteiger partial charge in [-0.1, -0.05) is 35.9 Å². The van der Waals surface area contributed by atoms with E-state index in [1.807, 2.05) is 25.1 Å². The minimum absolute atomic E-state index is 0.0241. The molecule has 1 aliphatic rings. The van der Waals surface area contributed by atoms with Crippen LogP contribution in [0.5, 0.6) is 0 Å². The van der Waals surface area contributed by atoms with Crippen molar-refractivity contribution in [2.24, 2.45) is 0 Å².